The Hall–Kier alpha value is -2.62. The number of benzene rings is 2. The summed E-state index contributed by atoms with van der Waals surface area (Å²) >= 11 is 0. The van der Waals surface area contributed by atoms with Crippen molar-refractivity contribution in [1.82, 2.24) is 0 Å². The minimum atomic E-state index is 0.251. The van der Waals surface area contributed by atoms with Gasteiger partial charge in [0.1, 0.15) is 11.5 Å². The van der Waals surface area contributed by atoms with Crippen molar-refractivity contribution >= 4 is 12.4 Å². The number of phenolic OH excluding ortho intramolecular Hbond substituents is 2. The molecule has 4 nitrogen and oxygen atoms in total. The highest BCUT2D eigenvalue weighted by Crippen LogP contribution is 2.19. The van der Waals surface area contributed by atoms with Crippen molar-refractivity contribution in [3.05, 3.63) is 58.7 Å². The van der Waals surface area contributed by atoms with Crippen molar-refractivity contribution in [2.75, 3.05) is 13.1 Å². The van der Waals surface area contributed by atoms with Gasteiger partial charge in [0.15, 0.2) is 0 Å². The minimum Gasteiger partial charge on any atom is -0.507 e. The first-order chi connectivity index (χ1) is 13.6. The van der Waals surface area contributed by atoms with Crippen LogP contribution in [0.4, 0.5) is 0 Å². The van der Waals surface area contributed by atoms with Gasteiger partial charge in [-0.3, -0.25) is 9.98 Å². The van der Waals surface area contributed by atoms with E-state index in [-0.39, 0.29) is 11.5 Å². The van der Waals surface area contributed by atoms with E-state index in [4.69, 9.17) is 0 Å². The van der Waals surface area contributed by atoms with Crippen LogP contribution in [0.5, 0.6) is 11.5 Å². The topological polar surface area (TPSA) is 65.2 Å². The zero-order valence-electron chi connectivity index (χ0n) is 17.1. The van der Waals surface area contributed by atoms with E-state index in [0.29, 0.717) is 13.1 Å². The fourth-order valence-corrected chi connectivity index (χ4v) is 2.93. The third kappa shape index (κ3) is 7.18. The fourth-order valence-electron chi connectivity index (χ4n) is 2.93. The second kappa shape index (κ2) is 12.0. The molecule has 2 aromatic rings. The maximum Gasteiger partial charge on any atom is 0.124 e. The average Bonchev–Trinajstić information content (AvgIpc) is 2.70. The van der Waals surface area contributed by atoms with Gasteiger partial charge in [0, 0.05) is 23.6 Å². The van der Waals surface area contributed by atoms with E-state index in [2.05, 4.69) is 23.8 Å². The van der Waals surface area contributed by atoms with Gasteiger partial charge in [0.05, 0.1) is 13.1 Å². The molecule has 0 amide bonds. The standard InChI is InChI=1S/C24H32N2O2/c1-3-5-7-19-9-11-23(27)21(15-19)17-25-13-14-26-18-22-16-20(8-6-4-2)10-12-24(22)28/h9-12,15-18,27-28H,3-8,13-14H2,1-2H3. The van der Waals surface area contributed by atoms with Gasteiger partial charge in [-0.2, -0.15) is 0 Å². The quantitative estimate of drug-likeness (QED) is 0.409. The number of hydrogen-bond acceptors (Lipinski definition) is 4. The molecule has 2 N–H and O–H groups in total. The molecule has 2 aromatic carbocycles. The zero-order valence-corrected chi connectivity index (χ0v) is 17.1. The molecule has 4 heteroatoms. The Labute approximate surface area is 168 Å². The number of hydrogen-bond donors (Lipinski definition) is 2. The highest BCUT2D eigenvalue weighted by Gasteiger charge is 2.01. The fraction of sp³-hybridized carbons (Fsp3) is 0.417. The molecule has 0 saturated heterocycles. The van der Waals surface area contributed by atoms with Crippen LogP contribution in [0.25, 0.3) is 0 Å². The lowest BCUT2D eigenvalue weighted by Gasteiger charge is -2.04. The van der Waals surface area contributed by atoms with Crippen molar-refractivity contribution in [3.8, 4) is 11.5 Å². The third-order valence-corrected chi connectivity index (χ3v) is 4.64. The molecule has 0 aliphatic heterocycles. The van der Waals surface area contributed by atoms with E-state index in [1.807, 2.05) is 24.3 Å². The van der Waals surface area contributed by atoms with Crippen molar-refractivity contribution in [2.24, 2.45) is 9.98 Å². The molecule has 0 unspecified atom stereocenters. The third-order valence-electron chi connectivity index (χ3n) is 4.64. The predicted octanol–water partition coefficient (Wildman–Crippen LogP) is 5.32. The van der Waals surface area contributed by atoms with Crippen molar-refractivity contribution in [3.63, 3.8) is 0 Å². The van der Waals surface area contributed by atoms with Gasteiger partial charge < -0.3 is 10.2 Å². The van der Waals surface area contributed by atoms with Crippen LogP contribution in [0.1, 0.15) is 61.8 Å². The number of rotatable bonds is 11. The second-order valence-electron chi connectivity index (χ2n) is 7.06. The van der Waals surface area contributed by atoms with Crippen LogP contribution in [0.3, 0.4) is 0 Å². The number of nitrogens with zero attached hydrogens (tertiary/aromatic N) is 2. The lowest BCUT2D eigenvalue weighted by Crippen LogP contribution is -1.93. The molecule has 0 radical (unpaired) electrons. The largest absolute Gasteiger partial charge is 0.507 e. The van der Waals surface area contributed by atoms with Gasteiger partial charge in [-0.15, -0.1) is 0 Å². The maximum atomic E-state index is 9.98. The Morgan fingerprint density at radius 1 is 0.714 bits per heavy atom. The zero-order chi connectivity index (χ0) is 20.2. The van der Waals surface area contributed by atoms with E-state index in [1.165, 1.54) is 11.1 Å². The van der Waals surface area contributed by atoms with Gasteiger partial charge >= 0.3 is 0 Å². The Balaban J connectivity index is 1.88. The molecule has 0 aromatic heterocycles. The van der Waals surface area contributed by atoms with Crippen molar-refractivity contribution in [2.45, 2.75) is 52.4 Å². The van der Waals surface area contributed by atoms with E-state index < -0.39 is 0 Å². The van der Waals surface area contributed by atoms with Gasteiger partial charge in [-0.05, 0) is 61.1 Å². The SMILES string of the molecule is CCCCc1ccc(O)c(C=NCCN=Cc2cc(CCCC)ccc2O)c1. The van der Waals surface area contributed by atoms with Crippen LogP contribution < -0.4 is 0 Å². The molecule has 28 heavy (non-hydrogen) atoms. The Kier molecular flexibility index (Phi) is 9.26. The first-order valence-electron chi connectivity index (χ1n) is 10.3. The Bertz CT molecular complexity index is 730. The van der Waals surface area contributed by atoms with Crippen LogP contribution in [0.2, 0.25) is 0 Å². The summed E-state index contributed by atoms with van der Waals surface area (Å²) < 4.78 is 0. The molecular weight excluding hydrogens is 348 g/mol. The number of aromatic hydroxyl groups is 2. The van der Waals surface area contributed by atoms with E-state index in [0.717, 1.165) is 49.7 Å². The summed E-state index contributed by atoms with van der Waals surface area (Å²) in [5, 5.41) is 20.0. The molecule has 0 saturated carbocycles. The number of phenols is 2. The number of unbranched alkanes of at least 4 members (excludes halogenated alkanes) is 2. The molecule has 0 atom stereocenters. The normalized spacial score (nSPS) is 11.6. The first-order valence-corrected chi connectivity index (χ1v) is 10.3. The molecule has 0 spiro atoms. The summed E-state index contributed by atoms with van der Waals surface area (Å²) in [5.41, 5.74) is 3.94. The summed E-state index contributed by atoms with van der Waals surface area (Å²) in [5.74, 6) is 0.502. The molecule has 2 rings (SSSR count). The Morgan fingerprint density at radius 2 is 1.14 bits per heavy atom. The molecule has 0 heterocycles. The molecule has 0 aliphatic rings. The minimum absolute atomic E-state index is 0.251. The smallest absolute Gasteiger partial charge is 0.124 e. The summed E-state index contributed by atoms with van der Waals surface area (Å²) in [4.78, 5) is 8.75. The van der Waals surface area contributed by atoms with Gasteiger partial charge in [-0.25, -0.2) is 0 Å². The molecule has 0 bridgehead atoms. The molecule has 0 aliphatic carbocycles. The first kappa shape index (κ1) is 21.7. The van der Waals surface area contributed by atoms with Crippen molar-refractivity contribution < 1.29 is 10.2 Å². The highest BCUT2D eigenvalue weighted by molar-refractivity contribution is 5.84. The van der Waals surface area contributed by atoms with Crippen LogP contribution in [-0.4, -0.2) is 35.7 Å². The van der Waals surface area contributed by atoms with E-state index in [9.17, 15) is 10.2 Å². The monoisotopic (exact) mass is 380 g/mol. The van der Waals surface area contributed by atoms with E-state index >= 15 is 0 Å². The van der Waals surface area contributed by atoms with Crippen LogP contribution in [0.15, 0.2) is 46.4 Å². The summed E-state index contributed by atoms with van der Waals surface area (Å²) in [6.45, 7) is 5.41. The molecule has 150 valence electrons. The highest BCUT2D eigenvalue weighted by atomic mass is 16.3. The summed E-state index contributed by atoms with van der Waals surface area (Å²) in [7, 11) is 0. The average molecular weight is 381 g/mol. The summed E-state index contributed by atoms with van der Waals surface area (Å²) in [6.07, 6.45) is 10.0. The van der Waals surface area contributed by atoms with Crippen LogP contribution in [-0.2, 0) is 12.8 Å². The van der Waals surface area contributed by atoms with Gasteiger partial charge in [0.25, 0.3) is 0 Å². The summed E-state index contributed by atoms with van der Waals surface area (Å²) in [6, 6.07) is 11.4. The number of aryl methyl sites for hydroxylation is 2. The van der Waals surface area contributed by atoms with Gasteiger partial charge in [0.2, 0.25) is 0 Å². The van der Waals surface area contributed by atoms with Crippen LogP contribution in [0, 0.1) is 0 Å². The second-order valence-corrected chi connectivity index (χ2v) is 7.06. The predicted molar refractivity (Wildman–Crippen MR) is 118 cm³/mol. The molecular formula is C24H32N2O2. The van der Waals surface area contributed by atoms with E-state index in [1.54, 1.807) is 24.6 Å². The van der Waals surface area contributed by atoms with Crippen LogP contribution >= 0.6 is 0 Å². The molecule has 0 fully saturated rings. The lowest BCUT2D eigenvalue weighted by molar-refractivity contribution is 0.473. The maximum absolute atomic E-state index is 9.98. The van der Waals surface area contributed by atoms with Gasteiger partial charge in [-0.1, -0.05) is 38.8 Å². The lowest BCUT2D eigenvalue weighted by atomic mass is 10.1. The number of aliphatic imine (C=N–C) groups is 2. The van der Waals surface area contributed by atoms with Crippen molar-refractivity contribution in [1.29, 1.82) is 0 Å². The Morgan fingerprint density at radius 3 is 1.54 bits per heavy atom.